The highest BCUT2D eigenvalue weighted by atomic mass is 32.1. The molecule has 2 rings (SSSR count). The maximum atomic E-state index is 5.19. The van der Waals surface area contributed by atoms with Crippen LogP contribution in [0.15, 0.2) is 53.8 Å². The van der Waals surface area contributed by atoms with Gasteiger partial charge in [-0.15, -0.1) is 0 Å². The molecule has 0 radical (unpaired) electrons. The standard InChI is InChI=1S/C15H18N4S/c1-3-12(2)17-15(20)18-13-9-10-19(16-11-13)14-7-5-4-6-8-14/h4-12H,3H2,1-2H3,(H,17,20). The number of benzene rings is 1. The van der Waals surface area contributed by atoms with E-state index in [1.54, 1.807) is 10.9 Å². The summed E-state index contributed by atoms with van der Waals surface area (Å²) in [5, 5.41) is 8.74. The molecule has 5 heteroatoms. The van der Waals surface area contributed by atoms with Crippen LogP contribution in [0.5, 0.6) is 0 Å². The van der Waals surface area contributed by atoms with Crippen molar-refractivity contribution in [1.29, 1.82) is 0 Å². The zero-order valence-corrected chi connectivity index (χ0v) is 12.5. The highest BCUT2D eigenvalue weighted by molar-refractivity contribution is 7.80. The Morgan fingerprint density at radius 2 is 2.10 bits per heavy atom. The van der Waals surface area contributed by atoms with Crippen LogP contribution in [-0.2, 0) is 0 Å². The third-order valence-electron chi connectivity index (χ3n) is 2.93. The number of nitrogens with zero attached hydrogens (tertiary/aromatic N) is 3. The number of hydrogen-bond donors (Lipinski definition) is 1. The topological polar surface area (TPSA) is 42.2 Å². The number of thiocarbonyl (C=S) groups is 1. The van der Waals surface area contributed by atoms with E-state index in [1.807, 2.05) is 42.6 Å². The lowest BCUT2D eigenvalue weighted by Gasteiger charge is -2.10. The molecule has 1 N–H and O–H groups in total. The summed E-state index contributed by atoms with van der Waals surface area (Å²) in [6.45, 7) is 4.18. The molecule has 0 spiro atoms. The third kappa shape index (κ3) is 3.99. The number of nitrogens with one attached hydrogen (secondary N) is 1. The van der Waals surface area contributed by atoms with Gasteiger partial charge in [0.05, 0.1) is 17.2 Å². The maximum absolute atomic E-state index is 5.19. The largest absolute Gasteiger partial charge is 0.358 e. The third-order valence-corrected chi connectivity index (χ3v) is 3.14. The first kappa shape index (κ1) is 14.4. The van der Waals surface area contributed by atoms with Gasteiger partial charge in [0.2, 0.25) is 0 Å². The SMILES string of the molecule is CCC(C)NC(=S)N=c1ccn(-c2ccccc2)nc1. The number of rotatable bonds is 3. The van der Waals surface area contributed by atoms with E-state index in [9.17, 15) is 0 Å². The molecule has 0 aliphatic carbocycles. The predicted molar refractivity (Wildman–Crippen MR) is 84.6 cm³/mol. The molecule has 1 aromatic carbocycles. The summed E-state index contributed by atoms with van der Waals surface area (Å²) in [5.41, 5.74) is 1.01. The van der Waals surface area contributed by atoms with E-state index in [2.05, 4.69) is 29.3 Å². The average Bonchev–Trinajstić information content (AvgIpc) is 2.48. The molecule has 0 aliphatic rings. The first-order chi connectivity index (χ1) is 9.69. The first-order valence-corrected chi connectivity index (χ1v) is 7.05. The van der Waals surface area contributed by atoms with Crippen LogP contribution in [0.25, 0.3) is 5.69 Å². The van der Waals surface area contributed by atoms with Crippen LogP contribution >= 0.6 is 12.2 Å². The number of hydrogen-bond acceptors (Lipinski definition) is 2. The normalized spacial score (nSPS) is 13.0. The minimum atomic E-state index is 0.331. The Kier molecular flexibility index (Phi) is 5.01. The van der Waals surface area contributed by atoms with Gasteiger partial charge in [0.25, 0.3) is 0 Å². The molecule has 0 bridgehead atoms. The summed E-state index contributed by atoms with van der Waals surface area (Å²) in [7, 11) is 0. The molecule has 104 valence electrons. The van der Waals surface area contributed by atoms with Crippen LogP contribution < -0.4 is 10.7 Å². The smallest absolute Gasteiger partial charge is 0.193 e. The van der Waals surface area contributed by atoms with Crippen LogP contribution in [0.3, 0.4) is 0 Å². The van der Waals surface area contributed by atoms with E-state index >= 15 is 0 Å². The minimum Gasteiger partial charge on any atom is -0.358 e. The molecule has 1 heterocycles. The molecule has 1 aromatic heterocycles. The second-order valence-corrected chi connectivity index (χ2v) is 4.92. The van der Waals surface area contributed by atoms with Gasteiger partial charge in [-0.25, -0.2) is 9.67 Å². The van der Waals surface area contributed by atoms with E-state index in [0.29, 0.717) is 11.2 Å². The lowest BCUT2D eigenvalue weighted by atomic mass is 10.3. The molecule has 0 aliphatic heterocycles. The second-order valence-electron chi connectivity index (χ2n) is 4.54. The molecule has 1 unspecified atom stereocenters. The first-order valence-electron chi connectivity index (χ1n) is 6.64. The minimum absolute atomic E-state index is 0.331. The van der Waals surface area contributed by atoms with Crippen molar-refractivity contribution in [2.45, 2.75) is 26.3 Å². The van der Waals surface area contributed by atoms with Crippen molar-refractivity contribution < 1.29 is 0 Å². The molecule has 4 nitrogen and oxygen atoms in total. The van der Waals surface area contributed by atoms with Gasteiger partial charge < -0.3 is 5.32 Å². The zero-order chi connectivity index (χ0) is 14.4. The molecule has 20 heavy (non-hydrogen) atoms. The van der Waals surface area contributed by atoms with Crippen molar-refractivity contribution >= 4 is 17.3 Å². The fourth-order valence-electron chi connectivity index (χ4n) is 1.61. The van der Waals surface area contributed by atoms with Crippen molar-refractivity contribution in [2.24, 2.45) is 4.99 Å². The monoisotopic (exact) mass is 286 g/mol. The van der Waals surface area contributed by atoms with Crippen LogP contribution in [0.4, 0.5) is 0 Å². The number of aromatic nitrogens is 2. The van der Waals surface area contributed by atoms with Gasteiger partial charge in [-0.1, -0.05) is 25.1 Å². The summed E-state index contributed by atoms with van der Waals surface area (Å²) in [6.07, 6.45) is 4.59. The Morgan fingerprint density at radius 3 is 2.70 bits per heavy atom. The van der Waals surface area contributed by atoms with Gasteiger partial charge in [0.1, 0.15) is 0 Å². The molecule has 0 saturated heterocycles. The van der Waals surface area contributed by atoms with Gasteiger partial charge in [-0.2, -0.15) is 5.10 Å². The Morgan fingerprint density at radius 1 is 1.35 bits per heavy atom. The zero-order valence-electron chi connectivity index (χ0n) is 11.7. The Balaban J connectivity index is 2.14. The van der Waals surface area contributed by atoms with Gasteiger partial charge in [-0.3, -0.25) is 0 Å². The van der Waals surface area contributed by atoms with E-state index in [4.69, 9.17) is 12.2 Å². The molecule has 0 saturated carbocycles. The summed E-state index contributed by atoms with van der Waals surface area (Å²) in [5.74, 6) is 0. The highest BCUT2D eigenvalue weighted by Gasteiger charge is 1.99. The lowest BCUT2D eigenvalue weighted by Crippen LogP contribution is -2.30. The molecular weight excluding hydrogens is 268 g/mol. The highest BCUT2D eigenvalue weighted by Crippen LogP contribution is 2.02. The predicted octanol–water partition coefficient (Wildman–Crippen LogP) is 2.45. The summed E-state index contributed by atoms with van der Waals surface area (Å²) >= 11 is 5.19. The van der Waals surface area contributed by atoms with Gasteiger partial charge in [0.15, 0.2) is 5.11 Å². The molecule has 1 atom stereocenters. The van der Waals surface area contributed by atoms with Crippen LogP contribution in [0.2, 0.25) is 0 Å². The van der Waals surface area contributed by atoms with Crippen molar-refractivity contribution in [3.05, 3.63) is 54.1 Å². The summed E-state index contributed by atoms with van der Waals surface area (Å²) in [4.78, 5) is 4.33. The second kappa shape index (κ2) is 6.96. The summed E-state index contributed by atoms with van der Waals surface area (Å²) in [6, 6.07) is 12.2. The molecule has 0 fully saturated rings. The van der Waals surface area contributed by atoms with Gasteiger partial charge >= 0.3 is 0 Å². The maximum Gasteiger partial charge on any atom is 0.193 e. The fourth-order valence-corrected chi connectivity index (χ4v) is 1.92. The molecule has 0 amide bonds. The van der Waals surface area contributed by atoms with Crippen LogP contribution in [0.1, 0.15) is 20.3 Å². The lowest BCUT2D eigenvalue weighted by molar-refractivity contribution is 0.643. The summed E-state index contributed by atoms with van der Waals surface area (Å²) < 4.78 is 1.80. The van der Waals surface area contributed by atoms with Crippen molar-refractivity contribution in [2.75, 3.05) is 0 Å². The fraction of sp³-hybridized carbons (Fsp3) is 0.267. The van der Waals surface area contributed by atoms with E-state index < -0.39 is 0 Å². The molecule has 2 aromatic rings. The van der Waals surface area contributed by atoms with Crippen molar-refractivity contribution in [3.63, 3.8) is 0 Å². The Hall–Kier alpha value is -2.01. The van der Waals surface area contributed by atoms with Crippen molar-refractivity contribution in [1.82, 2.24) is 15.1 Å². The van der Waals surface area contributed by atoms with Crippen LogP contribution in [0, 0.1) is 0 Å². The number of para-hydroxylation sites is 1. The van der Waals surface area contributed by atoms with Crippen molar-refractivity contribution in [3.8, 4) is 5.69 Å². The van der Waals surface area contributed by atoms with Gasteiger partial charge in [0, 0.05) is 12.2 Å². The average molecular weight is 286 g/mol. The van der Waals surface area contributed by atoms with Gasteiger partial charge in [-0.05, 0) is 43.8 Å². The molecular formula is C15H18N4S. The Bertz CT molecular complexity index is 613. The van der Waals surface area contributed by atoms with E-state index in [-0.39, 0.29) is 0 Å². The quantitative estimate of drug-likeness (QED) is 0.881. The van der Waals surface area contributed by atoms with E-state index in [0.717, 1.165) is 17.5 Å². The Labute approximate surface area is 124 Å². The van der Waals surface area contributed by atoms with Crippen LogP contribution in [-0.4, -0.2) is 20.9 Å². The van der Waals surface area contributed by atoms with E-state index in [1.165, 1.54) is 0 Å².